The van der Waals surface area contributed by atoms with Gasteiger partial charge in [0.1, 0.15) is 12.7 Å². The van der Waals surface area contributed by atoms with Crippen LogP contribution in [0.15, 0.2) is 10.5 Å². The van der Waals surface area contributed by atoms with E-state index in [9.17, 15) is 4.79 Å². The van der Waals surface area contributed by atoms with E-state index in [4.69, 9.17) is 21.1 Å². The molecule has 0 fully saturated rings. The zero-order chi connectivity index (χ0) is 19.9. The number of halogens is 2. The number of aromatic nitrogens is 1. The summed E-state index contributed by atoms with van der Waals surface area (Å²) < 4.78 is 14.2. The third kappa shape index (κ3) is 5.18. The molecule has 144 valence electrons. The maximum atomic E-state index is 12.2. The third-order valence-corrected chi connectivity index (χ3v) is 5.92. The summed E-state index contributed by atoms with van der Waals surface area (Å²) in [6, 6.07) is 1.99. The molecule has 1 unspecified atom stereocenters. The lowest BCUT2D eigenvalue weighted by Gasteiger charge is -2.30. The summed E-state index contributed by atoms with van der Waals surface area (Å²) in [6.07, 6.45) is -0.402. The van der Waals surface area contributed by atoms with Gasteiger partial charge in [0.2, 0.25) is 0 Å². The fourth-order valence-corrected chi connectivity index (χ4v) is 4.56. The molecule has 1 heterocycles. The fraction of sp³-hybridized carbons (Fsp3) is 0.579. The van der Waals surface area contributed by atoms with Gasteiger partial charge in [-0.15, -0.1) is 11.3 Å². The summed E-state index contributed by atoms with van der Waals surface area (Å²) in [5, 5.41) is 0. The van der Waals surface area contributed by atoms with Gasteiger partial charge in [0.25, 0.3) is 0 Å². The molecular weight excluding hydrogens is 438 g/mol. The number of hydrogen-bond acceptors (Lipinski definition) is 5. The van der Waals surface area contributed by atoms with Gasteiger partial charge >= 0.3 is 5.97 Å². The molecule has 2 aromatic rings. The van der Waals surface area contributed by atoms with Gasteiger partial charge < -0.3 is 9.47 Å². The van der Waals surface area contributed by atoms with Crippen molar-refractivity contribution in [3.05, 3.63) is 26.1 Å². The molecule has 0 aliphatic carbocycles. The second kappa shape index (κ2) is 7.74. The van der Waals surface area contributed by atoms with Gasteiger partial charge in [-0.05, 0) is 76.0 Å². The minimum atomic E-state index is -0.562. The molecule has 0 N–H and O–H groups in total. The molecule has 0 saturated heterocycles. The van der Waals surface area contributed by atoms with E-state index < -0.39 is 17.1 Å². The van der Waals surface area contributed by atoms with Crippen LogP contribution in [0.1, 0.15) is 58.8 Å². The second-order valence-electron chi connectivity index (χ2n) is 8.30. The van der Waals surface area contributed by atoms with Crippen molar-refractivity contribution >= 4 is 55.1 Å². The molecule has 1 atom stereocenters. The van der Waals surface area contributed by atoms with Crippen LogP contribution in [0.4, 0.5) is 0 Å². The summed E-state index contributed by atoms with van der Waals surface area (Å²) in [5.41, 5.74) is 1.84. The van der Waals surface area contributed by atoms with E-state index in [2.05, 4.69) is 20.9 Å². The molecule has 1 aromatic carbocycles. The lowest BCUT2D eigenvalue weighted by atomic mass is 9.97. The number of nitrogens with zero attached hydrogens (tertiary/aromatic N) is 1. The Morgan fingerprint density at radius 1 is 1.31 bits per heavy atom. The van der Waals surface area contributed by atoms with Gasteiger partial charge in [0, 0.05) is 10.0 Å². The van der Waals surface area contributed by atoms with Crippen LogP contribution in [-0.4, -0.2) is 23.2 Å². The molecule has 4 nitrogen and oxygen atoms in total. The van der Waals surface area contributed by atoms with Crippen molar-refractivity contribution in [2.45, 2.75) is 60.2 Å². The highest BCUT2D eigenvalue weighted by atomic mass is 79.9. The van der Waals surface area contributed by atoms with Crippen LogP contribution < -0.4 is 0 Å². The summed E-state index contributed by atoms with van der Waals surface area (Å²) in [6.45, 7) is 13.6. The highest BCUT2D eigenvalue weighted by Gasteiger charge is 2.29. The highest BCUT2D eigenvalue weighted by molar-refractivity contribution is 9.10. The highest BCUT2D eigenvalue weighted by Crippen LogP contribution is 2.41. The van der Waals surface area contributed by atoms with Crippen molar-refractivity contribution in [2.75, 3.05) is 6.61 Å². The number of thiazole rings is 1. The Balaban J connectivity index is 2.44. The summed E-state index contributed by atoms with van der Waals surface area (Å²) in [4.78, 5) is 16.6. The van der Waals surface area contributed by atoms with Crippen molar-refractivity contribution in [3.8, 4) is 0 Å². The first-order valence-electron chi connectivity index (χ1n) is 8.39. The maximum absolute atomic E-state index is 12.2. The number of hydrogen-bond donors (Lipinski definition) is 0. The number of fused-ring (bicyclic) bond motifs is 1. The second-order valence-corrected chi connectivity index (χ2v) is 10.7. The van der Waals surface area contributed by atoms with E-state index in [0.29, 0.717) is 4.47 Å². The number of ether oxygens (including phenoxy) is 2. The fourth-order valence-electron chi connectivity index (χ4n) is 2.50. The van der Waals surface area contributed by atoms with Crippen molar-refractivity contribution in [3.63, 3.8) is 0 Å². The van der Waals surface area contributed by atoms with E-state index in [-0.39, 0.29) is 12.6 Å². The van der Waals surface area contributed by atoms with E-state index >= 15 is 0 Å². The van der Waals surface area contributed by atoms with Gasteiger partial charge in [0.05, 0.1) is 21.2 Å². The number of aryl methyl sites for hydroxylation is 1. The number of carbonyl (C=O) groups is 1. The lowest BCUT2D eigenvalue weighted by Crippen LogP contribution is -2.29. The average Bonchev–Trinajstić information content (AvgIpc) is 2.82. The normalized spacial score (nSPS) is 13.9. The first-order chi connectivity index (χ1) is 11.8. The summed E-state index contributed by atoms with van der Waals surface area (Å²) >= 11 is 11.2. The Morgan fingerprint density at radius 3 is 2.46 bits per heavy atom. The van der Waals surface area contributed by atoms with E-state index in [0.717, 1.165) is 25.8 Å². The molecule has 26 heavy (non-hydrogen) atoms. The van der Waals surface area contributed by atoms with Crippen LogP contribution in [0.2, 0.25) is 4.47 Å². The van der Waals surface area contributed by atoms with Crippen molar-refractivity contribution in [1.82, 2.24) is 4.98 Å². The predicted molar refractivity (Wildman–Crippen MR) is 111 cm³/mol. The molecule has 0 aliphatic heterocycles. The Bertz CT molecular complexity index is 821. The van der Waals surface area contributed by atoms with Crippen molar-refractivity contribution in [2.24, 2.45) is 5.41 Å². The van der Waals surface area contributed by atoms with Crippen molar-refractivity contribution < 1.29 is 14.3 Å². The molecule has 0 spiro atoms. The third-order valence-electron chi connectivity index (χ3n) is 3.64. The van der Waals surface area contributed by atoms with Gasteiger partial charge in [-0.3, -0.25) is 4.79 Å². The van der Waals surface area contributed by atoms with Crippen LogP contribution in [0, 0.1) is 12.3 Å². The number of esters is 1. The Labute approximate surface area is 172 Å². The molecule has 1 aromatic heterocycles. The number of carbonyl (C=O) groups excluding carboxylic acids is 1. The molecule has 0 radical (unpaired) electrons. The molecular formula is C19H25BrClNO3S. The standard InChI is InChI=1S/C19H25BrClNO3S/c1-10-8-11-15(26-17(21)22-11)14(20)13(10)12(25-19(5,6)7)9-24-16(23)18(2,3)4/h8,12H,9H2,1-7H3. The summed E-state index contributed by atoms with van der Waals surface area (Å²) in [5.74, 6) is -0.254. The Morgan fingerprint density at radius 2 is 1.92 bits per heavy atom. The van der Waals surface area contributed by atoms with Gasteiger partial charge in [-0.1, -0.05) is 11.6 Å². The zero-order valence-corrected chi connectivity index (χ0v) is 19.4. The van der Waals surface area contributed by atoms with Crippen LogP contribution in [0.5, 0.6) is 0 Å². The first-order valence-corrected chi connectivity index (χ1v) is 10.4. The van der Waals surface area contributed by atoms with E-state index in [1.54, 1.807) is 0 Å². The minimum absolute atomic E-state index is 0.144. The molecule has 2 rings (SSSR count). The predicted octanol–water partition coefficient (Wildman–Crippen LogP) is 6.47. The SMILES string of the molecule is Cc1cc2nc(Cl)sc2c(Br)c1C(COC(=O)C(C)(C)C)OC(C)(C)C. The Kier molecular flexibility index (Phi) is 6.43. The van der Waals surface area contributed by atoms with Crippen molar-refractivity contribution in [1.29, 1.82) is 0 Å². The lowest BCUT2D eigenvalue weighted by molar-refractivity contribution is -0.162. The molecule has 0 bridgehead atoms. The molecule has 0 aliphatic rings. The largest absolute Gasteiger partial charge is 0.462 e. The Hall–Kier alpha value is -0.690. The van der Waals surface area contributed by atoms with E-state index in [1.165, 1.54) is 11.3 Å². The smallest absolute Gasteiger partial charge is 0.311 e. The van der Waals surface area contributed by atoms with Crippen LogP contribution in [-0.2, 0) is 14.3 Å². The van der Waals surface area contributed by atoms with E-state index in [1.807, 2.05) is 54.5 Å². The van der Waals surface area contributed by atoms with Crippen LogP contribution >= 0.6 is 38.9 Å². The number of benzene rings is 1. The monoisotopic (exact) mass is 461 g/mol. The number of rotatable bonds is 4. The average molecular weight is 463 g/mol. The van der Waals surface area contributed by atoms with Crippen LogP contribution in [0.3, 0.4) is 0 Å². The molecule has 0 saturated carbocycles. The van der Waals surface area contributed by atoms with Gasteiger partial charge in [0.15, 0.2) is 4.47 Å². The maximum Gasteiger partial charge on any atom is 0.311 e. The topological polar surface area (TPSA) is 48.4 Å². The summed E-state index contributed by atoms with van der Waals surface area (Å²) in [7, 11) is 0. The zero-order valence-electron chi connectivity index (χ0n) is 16.2. The van der Waals surface area contributed by atoms with Crippen LogP contribution in [0.25, 0.3) is 10.2 Å². The molecule has 0 amide bonds. The van der Waals surface area contributed by atoms with Gasteiger partial charge in [-0.2, -0.15) is 0 Å². The van der Waals surface area contributed by atoms with Gasteiger partial charge in [-0.25, -0.2) is 4.98 Å². The molecule has 7 heteroatoms. The first kappa shape index (κ1) is 21.6. The minimum Gasteiger partial charge on any atom is -0.462 e. The quantitative estimate of drug-likeness (QED) is 0.489.